The predicted octanol–water partition coefficient (Wildman–Crippen LogP) is 1.59. The third kappa shape index (κ3) is 4.92. The van der Waals surface area contributed by atoms with E-state index in [2.05, 4.69) is 0 Å². The molecule has 0 fully saturated rings. The van der Waals surface area contributed by atoms with Crippen LogP contribution in [0.2, 0.25) is 0 Å². The lowest BCUT2D eigenvalue weighted by Gasteiger charge is -2.31. The van der Waals surface area contributed by atoms with Gasteiger partial charge in [0, 0.05) is 37.3 Å². The summed E-state index contributed by atoms with van der Waals surface area (Å²) in [5, 5.41) is 0. The first-order chi connectivity index (χ1) is 15.5. The van der Waals surface area contributed by atoms with Gasteiger partial charge in [0.05, 0.1) is 0 Å². The Morgan fingerprint density at radius 1 is 0.697 bits per heavy atom. The molecular weight excluding hydrogens is 466 g/mol. The van der Waals surface area contributed by atoms with Gasteiger partial charge >= 0.3 is 0 Å². The zero-order valence-corrected chi connectivity index (χ0v) is 20.0. The van der Waals surface area contributed by atoms with Crippen LogP contribution in [0.1, 0.15) is 56.8 Å². The molecule has 2 aliphatic rings. The SMILES string of the molecule is CC(=O)c1ccc2c(c1)CN(S(=O)(=O)NS(=O)(=O)N1CCc3ccc(C(C)=O)cc3C1)CC2. The molecule has 4 rings (SSSR count). The molecule has 2 heterocycles. The maximum Gasteiger partial charge on any atom is 0.293 e. The molecule has 0 bridgehead atoms. The third-order valence-corrected chi connectivity index (χ3v) is 9.74. The Hall–Kier alpha value is -2.44. The van der Waals surface area contributed by atoms with Crippen LogP contribution in [-0.4, -0.2) is 50.1 Å². The molecule has 9 nitrogen and oxygen atoms in total. The number of hydrogen-bond donors (Lipinski definition) is 1. The number of carbonyl (C=O) groups is 2. The lowest BCUT2D eigenvalue weighted by molar-refractivity contribution is 0.100. The average molecular weight is 492 g/mol. The Morgan fingerprint density at radius 3 is 1.45 bits per heavy atom. The van der Waals surface area contributed by atoms with Gasteiger partial charge in [0.1, 0.15) is 0 Å². The molecule has 176 valence electrons. The highest BCUT2D eigenvalue weighted by molar-refractivity contribution is 8.02. The summed E-state index contributed by atoms with van der Waals surface area (Å²) in [5.74, 6) is -0.256. The van der Waals surface area contributed by atoms with Gasteiger partial charge in [-0.1, -0.05) is 28.4 Å². The lowest BCUT2D eigenvalue weighted by atomic mass is 9.97. The van der Waals surface area contributed by atoms with Crippen molar-refractivity contribution in [2.24, 2.45) is 0 Å². The van der Waals surface area contributed by atoms with E-state index in [4.69, 9.17) is 0 Å². The van der Waals surface area contributed by atoms with E-state index in [9.17, 15) is 26.4 Å². The van der Waals surface area contributed by atoms with Gasteiger partial charge < -0.3 is 0 Å². The van der Waals surface area contributed by atoms with Crippen molar-refractivity contribution in [2.45, 2.75) is 39.8 Å². The summed E-state index contributed by atoms with van der Waals surface area (Å²) in [6, 6.07) is 10.3. The fraction of sp³-hybridized carbons (Fsp3) is 0.364. The molecule has 2 aromatic carbocycles. The minimum Gasteiger partial charge on any atom is -0.295 e. The zero-order chi connectivity index (χ0) is 24.0. The molecule has 0 atom stereocenters. The van der Waals surface area contributed by atoms with Gasteiger partial charge in [-0.25, -0.2) is 0 Å². The first-order valence-corrected chi connectivity index (χ1v) is 13.4. The molecule has 0 spiro atoms. The van der Waals surface area contributed by atoms with Crippen molar-refractivity contribution in [1.29, 1.82) is 0 Å². The summed E-state index contributed by atoms with van der Waals surface area (Å²) in [6.07, 6.45) is 0.832. The van der Waals surface area contributed by atoms with E-state index in [1.807, 2.05) is 4.13 Å². The van der Waals surface area contributed by atoms with Gasteiger partial charge in [0.25, 0.3) is 20.4 Å². The molecule has 2 aromatic rings. The van der Waals surface area contributed by atoms with Gasteiger partial charge in [-0.05, 0) is 61.1 Å². The molecule has 0 aliphatic carbocycles. The van der Waals surface area contributed by atoms with Crippen molar-refractivity contribution in [2.75, 3.05) is 13.1 Å². The second kappa shape index (κ2) is 8.73. The topological polar surface area (TPSA) is 121 Å². The fourth-order valence-electron chi connectivity index (χ4n) is 4.15. The largest absolute Gasteiger partial charge is 0.295 e. The first kappa shape index (κ1) is 23.7. The second-order valence-electron chi connectivity index (χ2n) is 8.34. The molecule has 1 N–H and O–H groups in total. The summed E-state index contributed by atoms with van der Waals surface area (Å²) in [4.78, 5) is 23.3. The predicted molar refractivity (Wildman–Crippen MR) is 122 cm³/mol. The van der Waals surface area contributed by atoms with E-state index in [1.54, 1.807) is 36.4 Å². The molecular formula is C22H25N3O6S2. The van der Waals surface area contributed by atoms with Crippen molar-refractivity contribution < 1.29 is 26.4 Å². The monoisotopic (exact) mass is 491 g/mol. The summed E-state index contributed by atoms with van der Waals surface area (Å²) in [6.45, 7) is 3.08. The van der Waals surface area contributed by atoms with Crippen LogP contribution in [0.4, 0.5) is 0 Å². The van der Waals surface area contributed by atoms with E-state index in [1.165, 1.54) is 13.8 Å². The third-order valence-electron chi connectivity index (χ3n) is 6.07. The number of Topliss-reactive ketones (excluding diaryl/α,β-unsaturated/α-hetero) is 2. The Morgan fingerprint density at radius 2 is 1.09 bits per heavy atom. The van der Waals surface area contributed by atoms with Gasteiger partial charge in [-0.15, -0.1) is 0 Å². The Balaban J connectivity index is 1.52. The van der Waals surface area contributed by atoms with Gasteiger partial charge in [-0.3, -0.25) is 9.59 Å². The normalized spacial score (nSPS) is 17.3. The molecule has 0 aromatic heterocycles. The van der Waals surface area contributed by atoms with Crippen LogP contribution < -0.4 is 4.13 Å². The standard InChI is InChI=1S/C22H25N3O6S2/c1-15(26)19-5-3-17-7-9-24(13-21(17)11-19)32(28,29)23-33(30,31)25-10-8-18-4-6-20(16(2)27)12-22(18)14-25/h3-6,11-12,23H,7-10,13-14H2,1-2H3. The maximum atomic E-state index is 13.0. The minimum atomic E-state index is -4.35. The summed E-state index contributed by atoms with van der Waals surface area (Å²) in [7, 11) is -8.70. The molecule has 0 radical (unpaired) electrons. The summed E-state index contributed by atoms with van der Waals surface area (Å²) < 4.78 is 55.9. The summed E-state index contributed by atoms with van der Waals surface area (Å²) >= 11 is 0. The number of fused-ring (bicyclic) bond motifs is 2. The highest BCUT2D eigenvalue weighted by atomic mass is 32.3. The number of nitrogens with one attached hydrogen (secondary N) is 1. The lowest BCUT2D eigenvalue weighted by Crippen LogP contribution is -2.51. The first-order valence-electron chi connectivity index (χ1n) is 10.5. The van der Waals surface area contributed by atoms with Gasteiger partial charge in [0.2, 0.25) is 0 Å². The molecule has 0 saturated carbocycles. The number of carbonyl (C=O) groups excluding carboxylic acids is 2. The maximum absolute atomic E-state index is 13.0. The molecule has 0 unspecified atom stereocenters. The number of rotatable bonds is 6. The minimum absolute atomic E-state index is 0.0217. The molecule has 11 heteroatoms. The van der Waals surface area contributed by atoms with E-state index in [-0.39, 0.29) is 37.7 Å². The van der Waals surface area contributed by atoms with Crippen molar-refractivity contribution >= 4 is 32.0 Å². The highest BCUT2D eigenvalue weighted by Gasteiger charge is 2.35. The van der Waals surface area contributed by atoms with E-state index < -0.39 is 20.4 Å². The smallest absolute Gasteiger partial charge is 0.293 e. The van der Waals surface area contributed by atoms with E-state index >= 15 is 0 Å². The van der Waals surface area contributed by atoms with Crippen LogP contribution in [0.15, 0.2) is 36.4 Å². The fourth-order valence-corrected chi connectivity index (χ4v) is 7.34. The number of hydrogen-bond acceptors (Lipinski definition) is 6. The van der Waals surface area contributed by atoms with Crippen molar-refractivity contribution in [1.82, 2.24) is 12.7 Å². The van der Waals surface area contributed by atoms with Crippen LogP contribution in [0.3, 0.4) is 0 Å². The van der Waals surface area contributed by atoms with Crippen LogP contribution in [0.25, 0.3) is 0 Å². The van der Waals surface area contributed by atoms with E-state index in [0.717, 1.165) is 19.7 Å². The number of nitrogens with zero attached hydrogens (tertiary/aromatic N) is 2. The second-order valence-corrected chi connectivity index (χ2v) is 11.9. The average Bonchev–Trinajstić information content (AvgIpc) is 2.76. The summed E-state index contributed by atoms with van der Waals surface area (Å²) in [5.41, 5.74) is 4.18. The molecule has 2 aliphatic heterocycles. The van der Waals surface area contributed by atoms with Crippen molar-refractivity contribution in [3.8, 4) is 0 Å². The van der Waals surface area contributed by atoms with Crippen molar-refractivity contribution in [3.05, 3.63) is 69.8 Å². The van der Waals surface area contributed by atoms with Crippen LogP contribution >= 0.6 is 0 Å². The highest BCUT2D eigenvalue weighted by Crippen LogP contribution is 2.25. The van der Waals surface area contributed by atoms with E-state index in [0.29, 0.717) is 35.1 Å². The Labute approximate surface area is 193 Å². The van der Waals surface area contributed by atoms with Crippen LogP contribution in [0, 0.1) is 0 Å². The molecule has 0 saturated heterocycles. The van der Waals surface area contributed by atoms with Crippen LogP contribution in [0.5, 0.6) is 0 Å². The zero-order valence-electron chi connectivity index (χ0n) is 18.4. The number of ketones is 2. The van der Waals surface area contributed by atoms with Gasteiger partial charge in [-0.2, -0.15) is 25.4 Å². The van der Waals surface area contributed by atoms with Gasteiger partial charge in [0.15, 0.2) is 11.6 Å². The van der Waals surface area contributed by atoms with Crippen LogP contribution in [-0.2, 0) is 46.3 Å². The quantitative estimate of drug-likeness (QED) is 0.613. The molecule has 33 heavy (non-hydrogen) atoms. The molecule has 0 amide bonds. The Bertz CT molecular complexity index is 1250. The van der Waals surface area contributed by atoms with Crippen molar-refractivity contribution in [3.63, 3.8) is 0 Å². The Kier molecular flexibility index (Phi) is 6.27. The number of benzene rings is 2.